The molecule has 0 saturated carbocycles. The molecule has 236 valence electrons. The molecule has 2 aromatic carbocycles. The fourth-order valence-electron chi connectivity index (χ4n) is 4.42. The molecule has 2 amide bonds. The molecule has 0 aliphatic heterocycles. The minimum absolute atomic E-state index is 0.0909. The number of fused-ring (bicyclic) bond motifs is 1. The van der Waals surface area contributed by atoms with Crippen molar-refractivity contribution in [2.45, 2.75) is 44.3 Å². The van der Waals surface area contributed by atoms with Gasteiger partial charge in [0.05, 0.1) is 17.4 Å². The summed E-state index contributed by atoms with van der Waals surface area (Å²) in [5.41, 5.74) is 6.73. The molecule has 0 spiro atoms. The lowest BCUT2D eigenvalue weighted by atomic mass is 10.1. The van der Waals surface area contributed by atoms with E-state index in [2.05, 4.69) is 21.2 Å². The second-order valence-electron chi connectivity index (χ2n) is 10.1. The van der Waals surface area contributed by atoms with Gasteiger partial charge in [0.2, 0.25) is 11.9 Å². The van der Waals surface area contributed by atoms with E-state index in [-0.39, 0.29) is 49.2 Å². The lowest BCUT2D eigenvalue weighted by molar-refractivity contribution is -0.143. The molecule has 3 rings (SSSR count). The van der Waals surface area contributed by atoms with Gasteiger partial charge in [0.1, 0.15) is 12.1 Å². The maximum Gasteiger partial charge on any atom is 0.326 e. The first-order valence-electron chi connectivity index (χ1n) is 13.6. The molecule has 0 aliphatic carbocycles. The molecule has 0 radical (unpaired) electrons. The molecule has 15 nitrogen and oxygen atoms in total. The van der Waals surface area contributed by atoms with Gasteiger partial charge in [-0.3, -0.25) is 34.3 Å². The normalized spacial score (nSPS) is 12.0. The van der Waals surface area contributed by atoms with E-state index in [9.17, 15) is 33.9 Å². The van der Waals surface area contributed by atoms with Crippen molar-refractivity contribution in [3.05, 3.63) is 63.9 Å². The van der Waals surface area contributed by atoms with Gasteiger partial charge in [-0.25, -0.2) is 9.78 Å². The van der Waals surface area contributed by atoms with Gasteiger partial charge < -0.3 is 30.9 Å². The summed E-state index contributed by atoms with van der Waals surface area (Å²) < 4.78 is 0. The Balaban J connectivity index is 1.75. The van der Waals surface area contributed by atoms with Gasteiger partial charge in [-0.2, -0.15) is 0 Å². The fraction of sp³-hybridized carbons (Fsp3) is 0.300. The van der Waals surface area contributed by atoms with Crippen LogP contribution in [0.1, 0.15) is 41.6 Å². The summed E-state index contributed by atoms with van der Waals surface area (Å²) in [6, 6.07) is 8.74. The number of aromatic amines is 1. The van der Waals surface area contributed by atoms with E-state index >= 15 is 0 Å². The molecule has 0 fully saturated rings. The van der Waals surface area contributed by atoms with Crippen LogP contribution < -0.4 is 21.5 Å². The SMILES string of the molecule is C#CCN(Cc1ccc2nc(NC(=O)CC[C@H](N)C(=O)O)[nH]c(=O)c2c1)c1ccc(C(=O)N(C)[C@@H](CCC(=O)O)C(=O)O)cc1. The molecule has 7 N–H and O–H groups in total. The number of aliphatic carboxylic acids is 3. The Kier molecular flexibility index (Phi) is 11.3. The predicted molar refractivity (Wildman–Crippen MR) is 163 cm³/mol. The number of carbonyl (C=O) groups is 5. The van der Waals surface area contributed by atoms with Crippen molar-refractivity contribution in [3.63, 3.8) is 0 Å². The molecule has 0 saturated heterocycles. The first-order chi connectivity index (χ1) is 21.3. The fourth-order valence-corrected chi connectivity index (χ4v) is 4.42. The maximum absolute atomic E-state index is 12.9. The molecule has 0 aliphatic rings. The zero-order valence-electron chi connectivity index (χ0n) is 24.2. The van der Waals surface area contributed by atoms with Crippen molar-refractivity contribution in [3.8, 4) is 12.3 Å². The van der Waals surface area contributed by atoms with Gasteiger partial charge >= 0.3 is 17.9 Å². The molecule has 1 aromatic heterocycles. The van der Waals surface area contributed by atoms with Gasteiger partial charge in [-0.1, -0.05) is 12.0 Å². The lowest BCUT2D eigenvalue weighted by Gasteiger charge is -2.25. The van der Waals surface area contributed by atoms with Crippen LogP contribution in [0.2, 0.25) is 0 Å². The Labute approximate surface area is 256 Å². The number of nitrogens with one attached hydrogen (secondary N) is 2. The molecule has 45 heavy (non-hydrogen) atoms. The molecular formula is C30H32N6O9. The quantitative estimate of drug-likeness (QED) is 0.131. The summed E-state index contributed by atoms with van der Waals surface area (Å²) in [6.07, 6.45) is 4.66. The summed E-state index contributed by atoms with van der Waals surface area (Å²) in [7, 11) is 1.30. The lowest BCUT2D eigenvalue weighted by Crippen LogP contribution is -2.42. The number of benzene rings is 2. The van der Waals surface area contributed by atoms with E-state index in [1.54, 1.807) is 30.3 Å². The van der Waals surface area contributed by atoms with E-state index < -0.39 is 53.8 Å². The van der Waals surface area contributed by atoms with Crippen molar-refractivity contribution in [2.24, 2.45) is 5.73 Å². The molecular weight excluding hydrogens is 588 g/mol. The Morgan fingerprint density at radius 3 is 2.31 bits per heavy atom. The van der Waals surface area contributed by atoms with Crippen LogP contribution >= 0.6 is 0 Å². The van der Waals surface area contributed by atoms with Crippen molar-refractivity contribution >= 4 is 52.3 Å². The number of hydrogen-bond acceptors (Lipinski definition) is 9. The van der Waals surface area contributed by atoms with Crippen LogP contribution in [-0.2, 0) is 25.7 Å². The van der Waals surface area contributed by atoms with Crippen molar-refractivity contribution < 1.29 is 39.3 Å². The number of amides is 2. The Hall–Kier alpha value is -5.75. The highest BCUT2D eigenvalue weighted by atomic mass is 16.4. The maximum atomic E-state index is 12.9. The van der Waals surface area contributed by atoms with E-state index in [1.807, 2.05) is 4.90 Å². The average molecular weight is 621 g/mol. The Morgan fingerprint density at radius 2 is 1.71 bits per heavy atom. The zero-order chi connectivity index (χ0) is 33.3. The minimum atomic E-state index is -1.31. The number of nitrogens with two attached hydrogens (primary N) is 1. The summed E-state index contributed by atoms with van der Waals surface area (Å²) >= 11 is 0. The topological polar surface area (TPSA) is 236 Å². The van der Waals surface area contributed by atoms with Crippen LogP contribution in [0.3, 0.4) is 0 Å². The minimum Gasteiger partial charge on any atom is -0.481 e. The number of carbonyl (C=O) groups excluding carboxylic acids is 2. The van der Waals surface area contributed by atoms with Crippen molar-refractivity contribution in [2.75, 3.05) is 23.8 Å². The van der Waals surface area contributed by atoms with Gasteiger partial charge in [-0.05, 0) is 54.8 Å². The standard InChI is InChI=1S/C30H32N6O9/c1-3-14-36(19-7-5-18(6-8-19)27(41)35(2)23(29(44)45)11-13-25(38)39)16-17-4-10-22-20(15-17)26(40)34-30(32-22)33-24(37)12-9-21(31)28(42)43/h1,4-8,10,15,21,23H,9,11-14,16,31H2,2H3,(H,38,39)(H,42,43)(H,44,45)(H2,32,33,34,37,40)/t21-,23-/m0/s1. The van der Waals surface area contributed by atoms with E-state index in [0.717, 1.165) is 4.90 Å². The van der Waals surface area contributed by atoms with Gasteiger partial charge in [0, 0.05) is 37.7 Å². The van der Waals surface area contributed by atoms with Crippen molar-refractivity contribution in [1.82, 2.24) is 14.9 Å². The largest absolute Gasteiger partial charge is 0.481 e. The van der Waals surface area contributed by atoms with Crippen LogP contribution in [-0.4, -0.2) is 85.6 Å². The third-order valence-corrected chi connectivity index (χ3v) is 6.87. The molecule has 1 heterocycles. The highest BCUT2D eigenvalue weighted by Crippen LogP contribution is 2.21. The number of rotatable bonds is 15. The molecule has 2 atom stereocenters. The Bertz CT molecular complexity index is 1700. The number of H-pyrrole nitrogens is 1. The van der Waals surface area contributed by atoms with Gasteiger partial charge in [0.25, 0.3) is 11.5 Å². The zero-order valence-corrected chi connectivity index (χ0v) is 24.2. The van der Waals surface area contributed by atoms with E-state index in [4.69, 9.17) is 22.4 Å². The van der Waals surface area contributed by atoms with E-state index in [0.29, 0.717) is 16.8 Å². The first kappa shape index (κ1) is 33.7. The van der Waals surface area contributed by atoms with Gasteiger partial charge in [0.15, 0.2) is 0 Å². The third kappa shape index (κ3) is 9.12. The van der Waals surface area contributed by atoms with Crippen LogP contribution in [0.15, 0.2) is 47.3 Å². The van der Waals surface area contributed by atoms with Crippen LogP contribution in [0.25, 0.3) is 10.9 Å². The monoisotopic (exact) mass is 620 g/mol. The average Bonchev–Trinajstić information content (AvgIpc) is 2.99. The number of hydrogen-bond donors (Lipinski definition) is 6. The molecule has 0 unspecified atom stereocenters. The van der Waals surface area contributed by atoms with Crippen LogP contribution in [0.5, 0.6) is 0 Å². The number of terminal acetylenes is 1. The number of likely N-dealkylation sites (N-methyl/N-ethyl adjacent to an activating group) is 1. The highest BCUT2D eigenvalue weighted by molar-refractivity contribution is 5.97. The molecule has 3 aromatic rings. The summed E-state index contributed by atoms with van der Waals surface area (Å²) in [6.45, 7) is 0.442. The van der Waals surface area contributed by atoms with Crippen molar-refractivity contribution in [1.29, 1.82) is 0 Å². The van der Waals surface area contributed by atoms with Gasteiger partial charge in [-0.15, -0.1) is 6.42 Å². The predicted octanol–water partition coefficient (Wildman–Crippen LogP) is 1.08. The summed E-state index contributed by atoms with van der Waals surface area (Å²) in [5.74, 6) is -2.39. The number of nitrogens with zero attached hydrogens (tertiary/aromatic N) is 3. The summed E-state index contributed by atoms with van der Waals surface area (Å²) in [5, 5.41) is 29.9. The Morgan fingerprint density at radius 1 is 1.02 bits per heavy atom. The summed E-state index contributed by atoms with van der Waals surface area (Å²) in [4.78, 5) is 80.8. The molecule has 0 bridgehead atoms. The number of carboxylic acids is 3. The highest BCUT2D eigenvalue weighted by Gasteiger charge is 2.28. The first-order valence-corrected chi connectivity index (χ1v) is 13.6. The second kappa shape index (κ2) is 15.1. The van der Waals surface area contributed by atoms with E-state index in [1.165, 1.54) is 19.2 Å². The number of aromatic nitrogens is 2. The smallest absolute Gasteiger partial charge is 0.326 e. The third-order valence-electron chi connectivity index (χ3n) is 6.87. The van der Waals surface area contributed by atoms with Crippen LogP contribution in [0, 0.1) is 12.3 Å². The molecule has 15 heteroatoms. The second-order valence-corrected chi connectivity index (χ2v) is 10.1. The van der Waals surface area contributed by atoms with Crippen LogP contribution in [0.4, 0.5) is 11.6 Å². The number of anilines is 2. The number of carboxylic acid groups (broad SMARTS) is 3.